The van der Waals surface area contributed by atoms with Crippen LogP contribution in [0.15, 0.2) is 41.0 Å². The number of halogens is 3. The molecule has 1 aromatic heterocycles. The zero-order valence-electron chi connectivity index (χ0n) is 15.1. The lowest BCUT2D eigenvalue weighted by Gasteiger charge is -2.31. The maximum Gasteiger partial charge on any atom is 0.228 e. The quantitative estimate of drug-likeness (QED) is 0.652. The number of carbonyl (C=O) groups is 2. The fraction of sp³-hybridized carbons (Fsp3) is 0.350. The van der Waals surface area contributed by atoms with E-state index in [1.54, 1.807) is 18.3 Å². The van der Waals surface area contributed by atoms with Gasteiger partial charge in [-0.05, 0) is 59.0 Å². The first kappa shape index (κ1) is 21.1. The Balaban J connectivity index is 1.46. The number of pyridine rings is 1. The molecule has 0 spiro atoms. The molecule has 3 rings (SSSR count). The van der Waals surface area contributed by atoms with E-state index in [0.29, 0.717) is 54.6 Å². The number of rotatable bonds is 5. The zero-order valence-corrected chi connectivity index (χ0v) is 18.2. The lowest BCUT2D eigenvalue weighted by Crippen LogP contribution is -2.41. The largest absolute Gasteiger partial charge is 0.343 e. The van der Waals surface area contributed by atoms with Gasteiger partial charge in [0.1, 0.15) is 5.82 Å². The van der Waals surface area contributed by atoms with Crippen LogP contribution >= 0.6 is 39.1 Å². The molecule has 2 heterocycles. The number of piperidine rings is 1. The number of nitrogens with zero attached hydrogens (tertiary/aromatic N) is 2. The Morgan fingerprint density at radius 3 is 2.61 bits per heavy atom. The topological polar surface area (TPSA) is 62.3 Å². The summed E-state index contributed by atoms with van der Waals surface area (Å²) in [6.45, 7) is 1.15. The van der Waals surface area contributed by atoms with E-state index in [1.165, 1.54) is 0 Å². The first-order valence-corrected chi connectivity index (χ1v) is 10.6. The van der Waals surface area contributed by atoms with E-state index < -0.39 is 0 Å². The Bertz CT molecular complexity index is 853. The Kier molecular flexibility index (Phi) is 7.32. The molecule has 2 aromatic rings. The van der Waals surface area contributed by atoms with Crippen molar-refractivity contribution in [1.29, 1.82) is 0 Å². The predicted octanol–water partition coefficient (Wildman–Crippen LogP) is 4.96. The van der Waals surface area contributed by atoms with Crippen molar-refractivity contribution in [1.82, 2.24) is 9.88 Å². The second-order valence-corrected chi connectivity index (χ2v) is 8.42. The van der Waals surface area contributed by atoms with E-state index in [2.05, 4.69) is 26.2 Å². The summed E-state index contributed by atoms with van der Waals surface area (Å²) in [5.74, 6) is 0.444. The van der Waals surface area contributed by atoms with Crippen LogP contribution in [0.25, 0.3) is 0 Å². The first-order chi connectivity index (χ1) is 13.4. The Labute approximate surface area is 182 Å². The number of aromatic nitrogens is 1. The van der Waals surface area contributed by atoms with Crippen LogP contribution < -0.4 is 5.32 Å². The minimum atomic E-state index is -0.114. The molecule has 28 heavy (non-hydrogen) atoms. The normalized spacial score (nSPS) is 14.8. The van der Waals surface area contributed by atoms with Gasteiger partial charge in [-0.15, -0.1) is 0 Å². The summed E-state index contributed by atoms with van der Waals surface area (Å²) in [5, 5.41) is 3.85. The summed E-state index contributed by atoms with van der Waals surface area (Å²) >= 11 is 15.5. The predicted molar refractivity (Wildman–Crippen MR) is 115 cm³/mol. The zero-order chi connectivity index (χ0) is 20.1. The van der Waals surface area contributed by atoms with Gasteiger partial charge in [0.2, 0.25) is 11.8 Å². The van der Waals surface area contributed by atoms with Crippen LogP contribution in [0, 0.1) is 5.92 Å². The van der Waals surface area contributed by atoms with Crippen molar-refractivity contribution < 1.29 is 9.59 Å². The Hall–Kier alpha value is -1.63. The molecule has 2 amide bonds. The SMILES string of the molecule is O=C(Nc1ccc(Br)cn1)C1CCN(C(=O)CCc2cccc(Cl)c2Cl)CC1. The second kappa shape index (κ2) is 9.72. The third kappa shape index (κ3) is 5.46. The van der Waals surface area contributed by atoms with Crippen LogP contribution in [0.3, 0.4) is 0 Å². The average Bonchev–Trinajstić information content (AvgIpc) is 2.70. The highest BCUT2D eigenvalue weighted by atomic mass is 79.9. The molecular formula is C20H20BrCl2N3O2. The number of likely N-dealkylation sites (tertiary alicyclic amines) is 1. The number of carbonyl (C=O) groups excluding carboxylic acids is 2. The van der Waals surface area contributed by atoms with E-state index in [9.17, 15) is 9.59 Å². The van der Waals surface area contributed by atoms with Crippen LogP contribution in [0.5, 0.6) is 0 Å². The van der Waals surface area contributed by atoms with Crippen LogP contribution in [-0.4, -0.2) is 34.8 Å². The van der Waals surface area contributed by atoms with Crippen molar-refractivity contribution in [2.24, 2.45) is 5.92 Å². The minimum Gasteiger partial charge on any atom is -0.343 e. The number of nitrogens with one attached hydrogen (secondary N) is 1. The van der Waals surface area contributed by atoms with E-state index in [-0.39, 0.29) is 17.7 Å². The molecule has 148 valence electrons. The number of hydrogen-bond acceptors (Lipinski definition) is 3. The van der Waals surface area contributed by atoms with Gasteiger partial charge in [0, 0.05) is 36.1 Å². The molecule has 0 aliphatic carbocycles. The highest BCUT2D eigenvalue weighted by molar-refractivity contribution is 9.10. The van der Waals surface area contributed by atoms with Gasteiger partial charge in [-0.25, -0.2) is 4.98 Å². The second-order valence-electron chi connectivity index (χ2n) is 6.72. The van der Waals surface area contributed by atoms with Crippen LogP contribution in [0.1, 0.15) is 24.8 Å². The number of anilines is 1. The van der Waals surface area contributed by atoms with Crippen molar-refractivity contribution in [2.75, 3.05) is 18.4 Å². The van der Waals surface area contributed by atoms with Gasteiger partial charge in [-0.1, -0.05) is 35.3 Å². The molecule has 0 atom stereocenters. The summed E-state index contributed by atoms with van der Waals surface area (Å²) < 4.78 is 0.858. The van der Waals surface area contributed by atoms with Gasteiger partial charge < -0.3 is 10.2 Å². The van der Waals surface area contributed by atoms with Crippen molar-refractivity contribution >= 4 is 56.8 Å². The molecule has 1 fully saturated rings. The molecule has 0 radical (unpaired) electrons. The fourth-order valence-corrected chi connectivity index (χ4v) is 3.86. The molecule has 1 aromatic carbocycles. The maximum atomic E-state index is 12.5. The monoisotopic (exact) mass is 483 g/mol. The van der Waals surface area contributed by atoms with Crippen molar-refractivity contribution in [3.63, 3.8) is 0 Å². The highest BCUT2D eigenvalue weighted by Crippen LogP contribution is 2.27. The van der Waals surface area contributed by atoms with Gasteiger partial charge in [-0.2, -0.15) is 0 Å². The third-order valence-corrected chi connectivity index (χ3v) is 6.16. The van der Waals surface area contributed by atoms with Crippen molar-refractivity contribution in [3.8, 4) is 0 Å². The lowest BCUT2D eigenvalue weighted by atomic mass is 9.95. The molecule has 1 saturated heterocycles. The van der Waals surface area contributed by atoms with Crippen molar-refractivity contribution in [3.05, 3.63) is 56.6 Å². The van der Waals surface area contributed by atoms with Gasteiger partial charge >= 0.3 is 0 Å². The number of benzene rings is 1. The van der Waals surface area contributed by atoms with Crippen LogP contribution in [-0.2, 0) is 16.0 Å². The summed E-state index contributed by atoms with van der Waals surface area (Å²) in [6, 6.07) is 9.03. The Morgan fingerprint density at radius 1 is 1.18 bits per heavy atom. The minimum absolute atomic E-state index is 0.0485. The van der Waals surface area contributed by atoms with Gasteiger partial charge in [0.05, 0.1) is 10.0 Å². The third-order valence-electron chi connectivity index (χ3n) is 4.84. The molecule has 0 saturated carbocycles. The molecule has 8 heteroatoms. The first-order valence-electron chi connectivity index (χ1n) is 9.07. The molecule has 1 aliphatic heterocycles. The molecule has 1 N–H and O–H groups in total. The lowest BCUT2D eigenvalue weighted by molar-refractivity contribution is -0.134. The molecule has 0 bridgehead atoms. The van der Waals surface area contributed by atoms with Crippen molar-refractivity contribution in [2.45, 2.75) is 25.7 Å². The van der Waals surface area contributed by atoms with E-state index in [0.717, 1.165) is 10.0 Å². The summed E-state index contributed by atoms with van der Waals surface area (Å²) in [5.41, 5.74) is 0.874. The van der Waals surface area contributed by atoms with Gasteiger partial charge in [-0.3, -0.25) is 9.59 Å². The van der Waals surface area contributed by atoms with Gasteiger partial charge in [0.25, 0.3) is 0 Å². The maximum absolute atomic E-state index is 12.5. The van der Waals surface area contributed by atoms with E-state index in [1.807, 2.05) is 23.1 Å². The molecule has 0 unspecified atom stereocenters. The fourth-order valence-electron chi connectivity index (χ4n) is 3.21. The Morgan fingerprint density at radius 2 is 1.93 bits per heavy atom. The van der Waals surface area contributed by atoms with Gasteiger partial charge in [0.15, 0.2) is 0 Å². The average molecular weight is 485 g/mol. The molecular weight excluding hydrogens is 465 g/mol. The summed E-state index contributed by atoms with van der Waals surface area (Å²) in [7, 11) is 0. The smallest absolute Gasteiger partial charge is 0.228 e. The summed E-state index contributed by atoms with van der Waals surface area (Å²) in [4.78, 5) is 30.9. The number of aryl methyl sites for hydroxylation is 1. The highest BCUT2D eigenvalue weighted by Gasteiger charge is 2.27. The van der Waals surface area contributed by atoms with Crippen LogP contribution in [0.2, 0.25) is 10.0 Å². The number of amides is 2. The van der Waals surface area contributed by atoms with Crippen LogP contribution in [0.4, 0.5) is 5.82 Å². The molecule has 1 aliphatic rings. The summed E-state index contributed by atoms with van der Waals surface area (Å²) in [6.07, 6.45) is 3.86. The van der Waals surface area contributed by atoms with E-state index in [4.69, 9.17) is 23.2 Å². The molecule has 5 nitrogen and oxygen atoms in total. The number of hydrogen-bond donors (Lipinski definition) is 1. The van der Waals surface area contributed by atoms with E-state index >= 15 is 0 Å². The standard InChI is InChI=1S/C20H20BrCl2N3O2/c21-15-5-6-17(24-12-15)25-20(28)14-8-10-26(11-9-14)18(27)7-4-13-2-1-3-16(22)19(13)23/h1-3,5-6,12,14H,4,7-11H2,(H,24,25,28).